The molecule has 0 aromatic heterocycles. The Morgan fingerprint density at radius 1 is 1.28 bits per heavy atom. The quantitative estimate of drug-likeness (QED) is 0.891. The number of aryl methyl sites for hydroxylation is 1. The van der Waals surface area contributed by atoms with Crippen LogP contribution in [0.15, 0.2) is 24.3 Å². The summed E-state index contributed by atoms with van der Waals surface area (Å²) in [6.07, 6.45) is 1.69. The summed E-state index contributed by atoms with van der Waals surface area (Å²) in [4.78, 5) is 11.9. The van der Waals surface area contributed by atoms with Crippen molar-refractivity contribution < 1.29 is 13.2 Å². The normalized spacial score (nSPS) is 16.7. The second kappa shape index (κ2) is 5.07. The van der Waals surface area contributed by atoms with Crippen LogP contribution in [0, 0.1) is 6.92 Å². The van der Waals surface area contributed by atoms with E-state index in [4.69, 9.17) is 0 Å². The van der Waals surface area contributed by atoms with Crippen molar-refractivity contribution in [1.82, 2.24) is 9.03 Å². The van der Waals surface area contributed by atoms with Crippen molar-refractivity contribution in [2.24, 2.45) is 0 Å². The van der Waals surface area contributed by atoms with Crippen LogP contribution >= 0.6 is 0 Å². The zero-order valence-corrected chi connectivity index (χ0v) is 11.0. The van der Waals surface area contributed by atoms with Gasteiger partial charge < -0.3 is 0 Å². The summed E-state index contributed by atoms with van der Waals surface area (Å²) in [5.41, 5.74) is 1.28. The number of nitrogens with zero attached hydrogens (tertiary/aromatic N) is 1. The van der Waals surface area contributed by atoms with E-state index in [2.05, 4.69) is 4.72 Å². The molecule has 0 saturated carbocycles. The smallest absolute Gasteiger partial charge is 0.268 e. The fraction of sp³-hybridized carbons (Fsp3) is 0.417. The fourth-order valence-electron chi connectivity index (χ4n) is 1.96. The highest BCUT2D eigenvalue weighted by molar-refractivity contribution is 7.87. The molecule has 1 fully saturated rings. The molecule has 0 aliphatic carbocycles. The van der Waals surface area contributed by atoms with Gasteiger partial charge in [-0.05, 0) is 31.9 Å². The SMILES string of the molecule is Cc1cccc(C(=O)NS(=O)(=O)N2CCCC2)c1. The lowest BCUT2D eigenvalue weighted by molar-refractivity contribution is 0.0979. The number of carbonyl (C=O) groups is 1. The number of hydrogen-bond acceptors (Lipinski definition) is 3. The number of benzene rings is 1. The molecular weight excluding hydrogens is 252 g/mol. The first-order chi connectivity index (χ1) is 8.49. The molecule has 0 radical (unpaired) electrons. The lowest BCUT2D eigenvalue weighted by atomic mass is 10.1. The summed E-state index contributed by atoms with van der Waals surface area (Å²) in [5, 5.41) is 0. The molecule has 5 nitrogen and oxygen atoms in total. The number of hydrogen-bond donors (Lipinski definition) is 1. The third-order valence-corrected chi connectivity index (χ3v) is 4.40. The third kappa shape index (κ3) is 2.88. The van der Waals surface area contributed by atoms with Gasteiger partial charge in [0.25, 0.3) is 5.91 Å². The molecule has 2 rings (SSSR count). The predicted octanol–water partition coefficient (Wildman–Crippen LogP) is 1.07. The summed E-state index contributed by atoms with van der Waals surface area (Å²) in [6.45, 7) is 2.82. The van der Waals surface area contributed by atoms with Crippen LogP contribution in [0.4, 0.5) is 0 Å². The van der Waals surface area contributed by atoms with Gasteiger partial charge in [-0.25, -0.2) is 4.72 Å². The molecule has 0 unspecified atom stereocenters. The van der Waals surface area contributed by atoms with Crippen molar-refractivity contribution in [3.63, 3.8) is 0 Å². The van der Waals surface area contributed by atoms with E-state index in [1.807, 2.05) is 13.0 Å². The molecule has 98 valence electrons. The lowest BCUT2D eigenvalue weighted by Crippen LogP contribution is -2.42. The summed E-state index contributed by atoms with van der Waals surface area (Å²) >= 11 is 0. The molecular formula is C12H16N2O3S. The highest BCUT2D eigenvalue weighted by atomic mass is 32.2. The van der Waals surface area contributed by atoms with Crippen molar-refractivity contribution >= 4 is 16.1 Å². The van der Waals surface area contributed by atoms with E-state index in [9.17, 15) is 13.2 Å². The van der Waals surface area contributed by atoms with Crippen LogP contribution in [0.1, 0.15) is 28.8 Å². The molecule has 1 aliphatic heterocycles. The molecule has 0 atom stereocenters. The summed E-state index contributed by atoms with van der Waals surface area (Å²) in [7, 11) is -3.69. The molecule has 6 heteroatoms. The van der Waals surface area contributed by atoms with Gasteiger partial charge in [0.15, 0.2) is 0 Å². The van der Waals surface area contributed by atoms with Crippen molar-refractivity contribution in [3.8, 4) is 0 Å². The van der Waals surface area contributed by atoms with Gasteiger partial charge in [-0.1, -0.05) is 17.7 Å². The van der Waals surface area contributed by atoms with Crippen molar-refractivity contribution in [2.75, 3.05) is 13.1 Å². The number of nitrogens with one attached hydrogen (secondary N) is 1. The Kier molecular flexibility index (Phi) is 3.68. The van der Waals surface area contributed by atoms with Crippen LogP contribution in [0.3, 0.4) is 0 Å². The molecule has 1 heterocycles. The largest absolute Gasteiger partial charge is 0.304 e. The minimum atomic E-state index is -3.69. The molecule has 1 saturated heterocycles. The Morgan fingerprint density at radius 2 is 1.94 bits per heavy atom. The highest BCUT2D eigenvalue weighted by Gasteiger charge is 2.27. The maximum atomic E-state index is 11.9. The van der Waals surface area contributed by atoms with Gasteiger partial charge in [0.1, 0.15) is 0 Å². The van der Waals surface area contributed by atoms with Crippen molar-refractivity contribution in [1.29, 1.82) is 0 Å². The maximum Gasteiger partial charge on any atom is 0.304 e. The van der Waals surface area contributed by atoms with E-state index in [0.717, 1.165) is 18.4 Å². The van der Waals surface area contributed by atoms with Crippen LogP contribution in [-0.2, 0) is 10.2 Å². The second-order valence-corrected chi connectivity index (χ2v) is 6.08. The van der Waals surface area contributed by atoms with Crippen LogP contribution in [0.2, 0.25) is 0 Å². The van der Waals surface area contributed by atoms with Gasteiger partial charge in [0, 0.05) is 18.7 Å². The first-order valence-corrected chi connectivity index (χ1v) is 7.32. The van der Waals surface area contributed by atoms with Crippen molar-refractivity contribution in [2.45, 2.75) is 19.8 Å². The van der Waals surface area contributed by atoms with Crippen LogP contribution in [-0.4, -0.2) is 31.7 Å². The Bertz CT molecular complexity index is 548. The molecule has 1 N–H and O–H groups in total. The van der Waals surface area contributed by atoms with Crippen LogP contribution < -0.4 is 4.72 Å². The van der Waals surface area contributed by atoms with Crippen LogP contribution in [0.25, 0.3) is 0 Å². The van der Waals surface area contributed by atoms with Gasteiger partial charge in [0.05, 0.1) is 0 Å². The monoisotopic (exact) mass is 268 g/mol. The van der Waals surface area contributed by atoms with E-state index in [1.165, 1.54) is 4.31 Å². The Labute approximate surface area is 107 Å². The minimum Gasteiger partial charge on any atom is -0.268 e. The standard InChI is InChI=1S/C12H16N2O3S/c1-10-5-4-6-11(9-10)12(15)13-18(16,17)14-7-2-3-8-14/h4-6,9H,2-3,7-8H2,1H3,(H,13,15). The van der Waals surface area contributed by atoms with Gasteiger partial charge in [0.2, 0.25) is 0 Å². The molecule has 1 aromatic rings. The van der Waals surface area contributed by atoms with Crippen LogP contribution in [0.5, 0.6) is 0 Å². The Balaban J connectivity index is 2.11. The first-order valence-electron chi connectivity index (χ1n) is 5.88. The molecule has 18 heavy (non-hydrogen) atoms. The highest BCUT2D eigenvalue weighted by Crippen LogP contribution is 2.12. The zero-order chi connectivity index (χ0) is 13.2. The summed E-state index contributed by atoms with van der Waals surface area (Å²) in [6, 6.07) is 6.84. The van der Waals surface area contributed by atoms with Gasteiger partial charge in [-0.15, -0.1) is 0 Å². The average Bonchev–Trinajstić information content (AvgIpc) is 2.82. The van der Waals surface area contributed by atoms with E-state index < -0.39 is 16.1 Å². The number of rotatable bonds is 3. The van der Waals surface area contributed by atoms with E-state index in [-0.39, 0.29) is 0 Å². The molecule has 1 amide bonds. The third-order valence-electron chi connectivity index (χ3n) is 2.91. The molecule has 1 aromatic carbocycles. The van der Waals surface area contributed by atoms with Gasteiger partial charge in [-0.2, -0.15) is 12.7 Å². The molecule has 0 bridgehead atoms. The summed E-state index contributed by atoms with van der Waals surface area (Å²) < 4.78 is 27.2. The molecule has 0 spiro atoms. The Hall–Kier alpha value is -1.40. The Morgan fingerprint density at radius 3 is 2.56 bits per heavy atom. The average molecular weight is 268 g/mol. The first kappa shape index (κ1) is 13.0. The topological polar surface area (TPSA) is 66.5 Å². The number of amides is 1. The minimum absolute atomic E-state index is 0.359. The zero-order valence-electron chi connectivity index (χ0n) is 10.2. The lowest BCUT2D eigenvalue weighted by Gasteiger charge is -2.15. The summed E-state index contributed by atoms with van der Waals surface area (Å²) in [5.74, 6) is -0.578. The second-order valence-electron chi connectivity index (χ2n) is 4.41. The van der Waals surface area contributed by atoms with Gasteiger partial charge >= 0.3 is 10.2 Å². The predicted molar refractivity (Wildman–Crippen MR) is 68.4 cm³/mol. The van der Waals surface area contributed by atoms with Crippen molar-refractivity contribution in [3.05, 3.63) is 35.4 Å². The molecule has 1 aliphatic rings. The van der Waals surface area contributed by atoms with E-state index >= 15 is 0 Å². The number of carbonyl (C=O) groups excluding carboxylic acids is 1. The maximum absolute atomic E-state index is 11.9. The van der Waals surface area contributed by atoms with E-state index in [0.29, 0.717) is 18.7 Å². The van der Waals surface area contributed by atoms with E-state index in [1.54, 1.807) is 18.2 Å². The van der Waals surface area contributed by atoms with Gasteiger partial charge in [-0.3, -0.25) is 4.79 Å². The fourth-order valence-corrected chi connectivity index (χ4v) is 3.18.